The highest BCUT2D eigenvalue weighted by atomic mass is 31.2. The zero-order chi connectivity index (χ0) is 35.8. The molecule has 2 atom stereocenters. The van der Waals surface area contributed by atoms with Gasteiger partial charge in [-0.05, 0) is 51.4 Å². The topological polar surface area (TPSA) is 111 Å². The van der Waals surface area contributed by atoms with Crippen molar-refractivity contribution >= 4 is 19.8 Å². The Morgan fingerprint density at radius 1 is 0.667 bits per heavy atom. The smallest absolute Gasteiger partial charge is 0.306 e. The van der Waals surface area contributed by atoms with Crippen LogP contribution < -0.4 is 4.89 Å². The van der Waals surface area contributed by atoms with Gasteiger partial charge < -0.3 is 27.9 Å². The van der Waals surface area contributed by atoms with Crippen molar-refractivity contribution in [1.29, 1.82) is 0 Å². The second-order valence-electron chi connectivity index (χ2n) is 13.2. The van der Waals surface area contributed by atoms with Gasteiger partial charge >= 0.3 is 11.9 Å². The van der Waals surface area contributed by atoms with Crippen LogP contribution in [0.2, 0.25) is 0 Å². The average molecular weight is 698 g/mol. The zero-order valence-corrected chi connectivity index (χ0v) is 31.8. The lowest BCUT2D eigenvalue weighted by atomic mass is 10.1. The molecule has 0 N–H and O–H groups in total. The van der Waals surface area contributed by atoms with Crippen molar-refractivity contribution in [3.63, 3.8) is 0 Å². The van der Waals surface area contributed by atoms with Crippen molar-refractivity contribution in [2.45, 2.75) is 136 Å². The molecule has 48 heavy (non-hydrogen) atoms. The van der Waals surface area contributed by atoms with E-state index in [4.69, 9.17) is 18.5 Å². The number of allylic oxidation sites excluding steroid dienone is 8. The number of carbonyl (C=O) groups excluding carboxylic acids is 2. The first-order valence-corrected chi connectivity index (χ1v) is 19.8. The van der Waals surface area contributed by atoms with E-state index in [9.17, 15) is 19.0 Å². The lowest BCUT2D eigenvalue weighted by molar-refractivity contribution is -0.870. The molecule has 0 saturated carbocycles. The molecule has 0 aliphatic heterocycles. The number of ether oxygens (including phenoxy) is 2. The Labute approximate surface area is 293 Å². The van der Waals surface area contributed by atoms with E-state index in [1.165, 1.54) is 38.5 Å². The van der Waals surface area contributed by atoms with Gasteiger partial charge in [-0.3, -0.25) is 14.2 Å². The van der Waals surface area contributed by atoms with Gasteiger partial charge in [0.1, 0.15) is 19.8 Å². The molecule has 0 heterocycles. The summed E-state index contributed by atoms with van der Waals surface area (Å²) in [5.74, 6) is -0.892. The van der Waals surface area contributed by atoms with Gasteiger partial charge in [0.15, 0.2) is 6.10 Å². The third-order valence-corrected chi connectivity index (χ3v) is 8.33. The third kappa shape index (κ3) is 33.9. The summed E-state index contributed by atoms with van der Waals surface area (Å²) in [7, 11) is 1.13. The Morgan fingerprint density at radius 3 is 1.77 bits per heavy atom. The number of likely N-dealkylation sites (N-methyl/N-ethyl adjacent to an activating group) is 1. The van der Waals surface area contributed by atoms with Crippen LogP contribution in [0.25, 0.3) is 0 Å². The van der Waals surface area contributed by atoms with Gasteiger partial charge in [0, 0.05) is 12.8 Å². The van der Waals surface area contributed by atoms with Crippen LogP contribution in [-0.2, 0) is 32.7 Å². The van der Waals surface area contributed by atoms with Crippen LogP contribution in [0, 0.1) is 0 Å². The predicted molar refractivity (Wildman–Crippen MR) is 194 cm³/mol. The Morgan fingerprint density at radius 2 is 1.19 bits per heavy atom. The molecule has 278 valence electrons. The number of phosphoric acid groups is 1. The van der Waals surface area contributed by atoms with E-state index in [-0.39, 0.29) is 26.1 Å². The van der Waals surface area contributed by atoms with E-state index in [1.54, 1.807) is 0 Å². The molecule has 0 aromatic rings. The fourth-order valence-corrected chi connectivity index (χ4v) is 5.19. The summed E-state index contributed by atoms with van der Waals surface area (Å²) in [5.41, 5.74) is 0. The van der Waals surface area contributed by atoms with Gasteiger partial charge in [0.2, 0.25) is 0 Å². The lowest BCUT2D eigenvalue weighted by Crippen LogP contribution is -2.37. The van der Waals surface area contributed by atoms with Gasteiger partial charge in [0.25, 0.3) is 7.82 Å². The number of hydrogen-bond donors (Lipinski definition) is 0. The molecular formula is C38H68NO8P. The van der Waals surface area contributed by atoms with Crippen molar-refractivity contribution < 1.29 is 42.1 Å². The van der Waals surface area contributed by atoms with Crippen molar-refractivity contribution in [3.8, 4) is 0 Å². The van der Waals surface area contributed by atoms with Crippen LogP contribution in [-0.4, -0.2) is 70.0 Å². The Kier molecular flexibility index (Phi) is 29.7. The van der Waals surface area contributed by atoms with Gasteiger partial charge in [-0.1, -0.05) is 114 Å². The first-order chi connectivity index (χ1) is 23.0. The van der Waals surface area contributed by atoms with Gasteiger partial charge in [-0.2, -0.15) is 0 Å². The van der Waals surface area contributed by atoms with Crippen LogP contribution in [0.5, 0.6) is 0 Å². The van der Waals surface area contributed by atoms with E-state index < -0.39 is 32.5 Å². The SMILES string of the molecule is CC/C=C\C/C=C\C/C=C\C/C=C\CCCCC(=O)OC(COC(=O)CCCCCCCCCCC)COP(=O)([O-])OCC[N+](C)(C)C. The third-order valence-electron chi connectivity index (χ3n) is 7.36. The maximum Gasteiger partial charge on any atom is 0.306 e. The molecular weight excluding hydrogens is 629 g/mol. The van der Waals surface area contributed by atoms with Crippen molar-refractivity contribution in [2.75, 3.05) is 47.5 Å². The van der Waals surface area contributed by atoms with E-state index in [2.05, 4.69) is 62.5 Å². The highest BCUT2D eigenvalue weighted by molar-refractivity contribution is 7.45. The molecule has 0 radical (unpaired) electrons. The average Bonchev–Trinajstić information content (AvgIpc) is 3.02. The first kappa shape index (κ1) is 46.0. The largest absolute Gasteiger partial charge is 0.756 e. The zero-order valence-electron chi connectivity index (χ0n) is 30.9. The van der Waals surface area contributed by atoms with E-state index in [0.717, 1.165) is 57.8 Å². The highest BCUT2D eigenvalue weighted by Crippen LogP contribution is 2.38. The Hall–Kier alpha value is -2.03. The molecule has 0 saturated heterocycles. The molecule has 0 rings (SSSR count). The highest BCUT2D eigenvalue weighted by Gasteiger charge is 2.21. The van der Waals surface area contributed by atoms with Crippen LogP contribution in [0.4, 0.5) is 0 Å². The molecule has 0 spiro atoms. The monoisotopic (exact) mass is 697 g/mol. The molecule has 2 unspecified atom stereocenters. The fourth-order valence-electron chi connectivity index (χ4n) is 4.47. The second kappa shape index (κ2) is 31.0. The number of quaternary nitrogens is 1. The minimum atomic E-state index is -4.62. The first-order valence-electron chi connectivity index (χ1n) is 18.3. The summed E-state index contributed by atoms with van der Waals surface area (Å²) < 4.78 is 33.6. The molecule has 0 aliphatic rings. The van der Waals surface area contributed by atoms with Crippen LogP contribution in [0.1, 0.15) is 129 Å². The van der Waals surface area contributed by atoms with Crippen LogP contribution >= 0.6 is 7.82 Å². The minimum Gasteiger partial charge on any atom is -0.756 e. The number of nitrogens with zero attached hydrogens (tertiary/aromatic N) is 1. The summed E-state index contributed by atoms with van der Waals surface area (Å²) in [6, 6.07) is 0. The van der Waals surface area contributed by atoms with Gasteiger partial charge in [-0.15, -0.1) is 0 Å². The summed E-state index contributed by atoms with van der Waals surface area (Å²) in [5, 5.41) is 0. The van der Waals surface area contributed by atoms with Crippen molar-refractivity contribution in [3.05, 3.63) is 48.6 Å². The number of rotatable bonds is 32. The molecule has 0 aromatic heterocycles. The number of esters is 2. The number of hydrogen-bond acceptors (Lipinski definition) is 8. The number of phosphoric ester groups is 1. The van der Waals surface area contributed by atoms with E-state index in [0.29, 0.717) is 17.4 Å². The van der Waals surface area contributed by atoms with Crippen LogP contribution in [0.15, 0.2) is 48.6 Å². The molecule has 0 fully saturated rings. The molecule has 0 aliphatic carbocycles. The normalized spacial score (nSPS) is 14.4. The minimum absolute atomic E-state index is 0.0399. The fraction of sp³-hybridized carbons (Fsp3) is 0.737. The van der Waals surface area contributed by atoms with Crippen molar-refractivity contribution in [1.82, 2.24) is 0 Å². The lowest BCUT2D eigenvalue weighted by Gasteiger charge is -2.28. The molecule has 10 heteroatoms. The maximum absolute atomic E-state index is 12.6. The molecule has 9 nitrogen and oxygen atoms in total. The van der Waals surface area contributed by atoms with Crippen LogP contribution in [0.3, 0.4) is 0 Å². The molecule has 0 bridgehead atoms. The Balaban J connectivity index is 4.55. The quantitative estimate of drug-likeness (QED) is 0.0225. The van der Waals surface area contributed by atoms with Gasteiger partial charge in [-0.25, -0.2) is 0 Å². The second-order valence-corrected chi connectivity index (χ2v) is 14.6. The molecule has 0 amide bonds. The molecule has 0 aromatic carbocycles. The van der Waals surface area contributed by atoms with E-state index in [1.807, 2.05) is 21.1 Å². The number of unbranched alkanes of at least 4 members (excludes halogenated alkanes) is 10. The summed E-state index contributed by atoms with van der Waals surface area (Å²) in [6.07, 6.45) is 32.9. The maximum atomic E-state index is 12.6. The summed E-state index contributed by atoms with van der Waals surface area (Å²) in [4.78, 5) is 37.2. The van der Waals surface area contributed by atoms with E-state index >= 15 is 0 Å². The van der Waals surface area contributed by atoms with Gasteiger partial charge in [0.05, 0.1) is 27.7 Å². The number of carbonyl (C=O) groups is 2. The Bertz CT molecular complexity index is 970. The standard InChI is InChI=1S/C38H68NO8P/c1-6-8-10-12-14-16-17-18-19-20-21-23-25-27-29-31-38(41)47-36(35-46-48(42,43)45-33-32-39(3,4)5)34-44-37(40)30-28-26-24-22-15-13-11-9-7-2/h8,10,14,16,18-19,21,23,36H,6-7,9,11-13,15,17,20,22,24-35H2,1-5H3/b10-8-,16-14-,19-18-,23-21-. The summed E-state index contributed by atoms with van der Waals surface area (Å²) in [6.45, 7) is 4.00. The predicted octanol–water partition coefficient (Wildman–Crippen LogP) is 8.94. The van der Waals surface area contributed by atoms with Crippen molar-refractivity contribution in [2.24, 2.45) is 0 Å². The summed E-state index contributed by atoms with van der Waals surface area (Å²) >= 11 is 0.